The van der Waals surface area contributed by atoms with Gasteiger partial charge in [0, 0.05) is 23.7 Å². The smallest absolute Gasteiger partial charge is 0.262 e. The van der Waals surface area contributed by atoms with Crippen molar-refractivity contribution in [2.45, 2.75) is 33.1 Å². The van der Waals surface area contributed by atoms with Gasteiger partial charge >= 0.3 is 0 Å². The number of rotatable bonds is 7. The first-order chi connectivity index (χ1) is 14.9. The number of benzene rings is 2. The van der Waals surface area contributed by atoms with Crippen LogP contribution in [0.15, 0.2) is 47.3 Å². The summed E-state index contributed by atoms with van der Waals surface area (Å²) in [6, 6.07) is 13.1. The van der Waals surface area contributed by atoms with Gasteiger partial charge in [0.25, 0.3) is 5.56 Å². The van der Waals surface area contributed by atoms with Crippen LogP contribution in [0.4, 0.5) is 0 Å². The molecule has 31 heavy (non-hydrogen) atoms. The normalized spacial score (nSPS) is 11.6. The highest BCUT2D eigenvalue weighted by Gasteiger charge is 2.16. The van der Waals surface area contributed by atoms with E-state index in [4.69, 9.17) is 33.7 Å². The molecule has 0 amide bonds. The molecule has 0 aliphatic rings. The highest BCUT2D eigenvalue weighted by Crippen LogP contribution is 2.24. The second-order valence-corrected chi connectivity index (χ2v) is 8.30. The van der Waals surface area contributed by atoms with Crippen molar-refractivity contribution in [1.29, 1.82) is 0 Å². The zero-order chi connectivity index (χ0) is 22.1. The fourth-order valence-electron chi connectivity index (χ4n) is 3.83. The van der Waals surface area contributed by atoms with E-state index >= 15 is 0 Å². The Balaban J connectivity index is 1.77. The fraction of sp³-hybridized carbons (Fsp3) is 0.318. The number of hydrogen-bond donors (Lipinski definition) is 0. The first-order valence-electron chi connectivity index (χ1n) is 10.1. The Kier molecular flexibility index (Phi) is 6.13. The first-order valence-corrected chi connectivity index (χ1v) is 10.8. The van der Waals surface area contributed by atoms with E-state index in [0.29, 0.717) is 40.7 Å². The molecule has 0 aliphatic heterocycles. The largest absolute Gasteiger partial charge is 0.496 e. The molecule has 0 aliphatic carbocycles. The molecule has 0 spiro atoms. The van der Waals surface area contributed by atoms with Gasteiger partial charge < -0.3 is 4.74 Å². The van der Waals surface area contributed by atoms with Gasteiger partial charge in [-0.25, -0.2) is 4.68 Å². The SMILES string of the molecule is CCCn1c(=O)c2ccccc2n2c(=S)n(CN(C)Cc3cc(Cl)ccc3OC)nc12. The van der Waals surface area contributed by atoms with E-state index in [9.17, 15) is 4.79 Å². The van der Waals surface area contributed by atoms with E-state index in [1.54, 1.807) is 22.4 Å². The maximum absolute atomic E-state index is 13.0. The lowest BCUT2D eigenvalue weighted by atomic mass is 10.2. The van der Waals surface area contributed by atoms with Crippen LogP contribution in [-0.2, 0) is 19.8 Å². The summed E-state index contributed by atoms with van der Waals surface area (Å²) >= 11 is 11.9. The summed E-state index contributed by atoms with van der Waals surface area (Å²) < 4.78 is 11.3. The average molecular weight is 458 g/mol. The molecule has 2 aromatic carbocycles. The highest BCUT2D eigenvalue weighted by molar-refractivity contribution is 7.71. The van der Waals surface area contributed by atoms with E-state index in [1.807, 2.05) is 54.8 Å². The summed E-state index contributed by atoms with van der Waals surface area (Å²) in [4.78, 5) is 15.1. The Labute approximate surface area is 190 Å². The van der Waals surface area contributed by atoms with Crippen molar-refractivity contribution < 1.29 is 4.74 Å². The van der Waals surface area contributed by atoms with Gasteiger partial charge in [0.2, 0.25) is 10.5 Å². The highest BCUT2D eigenvalue weighted by atomic mass is 35.5. The minimum atomic E-state index is -0.0471. The van der Waals surface area contributed by atoms with Crippen LogP contribution < -0.4 is 10.3 Å². The standard InChI is InChI=1S/C22H24ClN5O2S/c1-4-11-26-20(29)17-7-5-6-8-18(17)28-21(26)24-27(22(28)31)14-25(2)13-15-12-16(23)9-10-19(15)30-3/h5-10,12H,4,11,13-14H2,1-3H3. The third-order valence-corrected chi connectivity index (χ3v) is 5.82. The van der Waals surface area contributed by atoms with Gasteiger partial charge in [0.05, 0.1) is 24.7 Å². The predicted molar refractivity (Wildman–Crippen MR) is 126 cm³/mol. The van der Waals surface area contributed by atoms with E-state index in [-0.39, 0.29) is 5.56 Å². The third kappa shape index (κ3) is 3.98. The lowest BCUT2D eigenvalue weighted by Gasteiger charge is -2.18. The Bertz CT molecular complexity index is 1370. The summed E-state index contributed by atoms with van der Waals surface area (Å²) in [6.45, 7) is 3.66. The second kappa shape index (κ2) is 8.82. The molecule has 2 heterocycles. The Hall–Kier alpha value is -2.68. The van der Waals surface area contributed by atoms with Crippen LogP contribution in [0.1, 0.15) is 18.9 Å². The third-order valence-electron chi connectivity index (χ3n) is 5.19. The predicted octanol–water partition coefficient (Wildman–Crippen LogP) is 4.34. The molecule has 0 saturated carbocycles. The average Bonchev–Trinajstić information content (AvgIpc) is 3.07. The molecule has 0 unspecified atom stereocenters. The molecule has 4 rings (SSSR count). The van der Waals surface area contributed by atoms with Crippen molar-refractivity contribution in [3.05, 3.63) is 68.2 Å². The van der Waals surface area contributed by atoms with Crippen molar-refractivity contribution in [2.75, 3.05) is 14.2 Å². The van der Waals surface area contributed by atoms with Crippen molar-refractivity contribution in [2.24, 2.45) is 0 Å². The van der Waals surface area contributed by atoms with E-state index in [1.165, 1.54) is 0 Å². The molecule has 9 heteroatoms. The number of ether oxygens (including phenoxy) is 1. The Morgan fingerprint density at radius 2 is 2.00 bits per heavy atom. The number of aromatic nitrogens is 4. The van der Waals surface area contributed by atoms with Crippen molar-refractivity contribution in [1.82, 2.24) is 23.6 Å². The second-order valence-electron chi connectivity index (χ2n) is 7.50. The minimum Gasteiger partial charge on any atom is -0.496 e. The van der Waals surface area contributed by atoms with E-state index < -0.39 is 0 Å². The Morgan fingerprint density at radius 1 is 1.23 bits per heavy atom. The number of fused-ring (bicyclic) bond motifs is 3. The topological polar surface area (TPSA) is 56.7 Å². The first kappa shape index (κ1) is 21.5. The molecule has 0 atom stereocenters. The molecule has 0 fully saturated rings. The molecular weight excluding hydrogens is 434 g/mol. The summed E-state index contributed by atoms with van der Waals surface area (Å²) in [7, 11) is 3.62. The van der Waals surface area contributed by atoms with Gasteiger partial charge in [0.15, 0.2) is 0 Å². The number of para-hydroxylation sites is 1. The van der Waals surface area contributed by atoms with Gasteiger partial charge in [-0.1, -0.05) is 30.7 Å². The molecule has 4 aromatic rings. The van der Waals surface area contributed by atoms with Crippen LogP contribution in [-0.4, -0.2) is 37.8 Å². The molecule has 162 valence electrons. The molecule has 0 radical (unpaired) electrons. The monoisotopic (exact) mass is 457 g/mol. The molecule has 0 saturated heterocycles. The minimum absolute atomic E-state index is 0.0471. The zero-order valence-corrected chi connectivity index (χ0v) is 19.3. The van der Waals surface area contributed by atoms with Crippen LogP contribution >= 0.6 is 23.8 Å². The summed E-state index contributed by atoms with van der Waals surface area (Å²) in [6.07, 6.45) is 0.821. The van der Waals surface area contributed by atoms with Gasteiger partial charge in [-0.15, -0.1) is 5.10 Å². The van der Waals surface area contributed by atoms with Crippen molar-refractivity contribution >= 4 is 40.5 Å². The number of halogens is 1. The fourth-order valence-corrected chi connectivity index (χ4v) is 4.30. The molecule has 0 N–H and O–H groups in total. The van der Waals surface area contributed by atoms with Gasteiger partial charge in [-0.2, -0.15) is 0 Å². The molecule has 2 aromatic heterocycles. The molecular formula is C22H24ClN5O2S. The number of nitrogens with zero attached hydrogens (tertiary/aromatic N) is 5. The van der Waals surface area contributed by atoms with Crippen LogP contribution in [0, 0.1) is 4.77 Å². The lowest BCUT2D eigenvalue weighted by Crippen LogP contribution is -2.23. The van der Waals surface area contributed by atoms with Crippen LogP contribution in [0.2, 0.25) is 5.02 Å². The summed E-state index contributed by atoms with van der Waals surface area (Å²) in [5.41, 5.74) is 1.69. The number of aryl methyl sites for hydroxylation is 1. The number of hydrogen-bond acceptors (Lipinski definition) is 5. The number of methoxy groups -OCH3 is 1. The maximum atomic E-state index is 13.0. The lowest BCUT2D eigenvalue weighted by molar-refractivity contribution is 0.241. The zero-order valence-electron chi connectivity index (χ0n) is 17.7. The van der Waals surface area contributed by atoms with E-state index in [0.717, 1.165) is 23.3 Å². The van der Waals surface area contributed by atoms with Crippen LogP contribution in [0.5, 0.6) is 5.75 Å². The van der Waals surface area contributed by atoms with Gasteiger partial charge in [-0.05, 0) is 56.0 Å². The van der Waals surface area contributed by atoms with Gasteiger partial charge in [-0.3, -0.25) is 18.7 Å². The summed E-state index contributed by atoms with van der Waals surface area (Å²) in [5, 5.41) is 6.01. The maximum Gasteiger partial charge on any atom is 0.262 e. The summed E-state index contributed by atoms with van der Waals surface area (Å²) in [5.74, 6) is 1.34. The van der Waals surface area contributed by atoms with E-state index in [2.05, 4.69) is 4.90 Å². The van der Waals surface area contributed by atoms with Crippen LogP contribution in [0.3, 0.4) is 0 Å². The quantitative estimate of drug-likeness (QED) is 0.386. The molecule has 7 nitrogen and oxygen atoms in total. The van der Waals surface area contributed by atoms with Gasteiger partial charge in [0.1, 0.15) is 5.75 Å². The van der Waals surface area contributed by atoms with Crippen LogP contribution in [0.25, 0.3) is 16.7 Å². The van der Waals surface area contributed by atoms with Crippen molar-refractivity contribution in [3.63, 3.8) is 0 Å². The Morgan fingerprint density at radius 3 is 2.74 bits per heavy atom. The van der Waals surface area contributed by atoms with Crippen molar-refractivity contribution in [3.8, 4) is 5.75 Å². The molecule has 0 bridgehead atoms.